The maximum Gasteiger partial charge on any atom is 0.239 e. The van der Waals surface area contributed by atoms with E-state index in [2.05, 4.69) is 20.9 Å². The number of β-amino-alcohol motifs (C(OH)–C–C–N with tert-alkyl or cyclic N) is 1. The fourth-order valence-electron chi connectivity index (χ4n) is 6.69. The quantitative estimate of drug-likeness (QED) is 0.272. The first-order chi connectivity index (χ1) is 20.7. The highest BCUT2D eigenvalue weighted by Gasteiger charge is 2.45. The second-order valence-electron chi connectivity index (χ2n) is 16.4. The number of carbonyl (C=O) groups is 2. The van der Waals surface area contributed by atoms with Gasteiger partial charge >= 0.3 is 0 Å². The molecule has 2 unspecified atom stereocenters. The molecule has 1 saturated carbocycles. The number of rotatable bonds is 12. The van der Waals surface area contributed by atoms with E-state index < -0.39 is 38.7 Å². The number of nitrogens with one attached hydrogen (secondary N) is 3. The van der Waals surface area contributed by atoms with Crippen LogP contribution in [0.15, 0.2) is 30.3 Å². The minimum Gasteiger partial charge on any atom is -0.390 e. The summed E-state index contributed by atoms with van der Waals surface area (Å²) in [5, 5.41) is 21.3. The molecule has 6 atom stereocenters. The van der Waals surface area contributed by atoms with Crippen molar-refractivity contribution in [2.45, 2.75) is 128 Å². The number of aliphatic hydroxyl groups is 1. The number of hydrogen-bond donors (Lipinski definition) is 4. The Kier molecular flexibility index (Phi) is 12.3. The van der Waals surface area contributed by atoms with Gasteiger partial charge in [0.25, 0.3) is 0 Å². The first kappa shape index (κ1) is 37.4. The molecule has 1 heterocycles. The molecule has 45 heavy (non-hydrogen) atoms. The van der Waals surface area contributed by atoms with Gasteiger partial charge in [-0.15, -0.1) is 0 Å². The van der Waals surface area contributed by atoms with Crippen molar-refractivity contribution in [3.8, 4) is 0 Å². The first-order valence-electron chi connectivity index (χ1n) is 16.7. The Morgan fingerprint density at radius 1 is 0.978 bits per heavy atom. The molecule has 10 heteroatoms. The third-order valence-corrected chi connectivity index (χ3v) is 11.7. The van der Waals surface area contributed by atoms with Crippen LogP contribution in [-0.4, -0.2) is 90.6 Å². The Morgan fingerprint density at radius 2 is 1.58 bits per heavy atom. The van der Waals surface area contributed by atoms with Crippen molar-refractivity contribution in [2.75, 3.05) is 25.9 Å². The third kappa shape index (κ3) is 10.8. The largest absolute Gasteiger partial charge is 0.390 e. The molecule has 1 saturated heterocycles. The van der Waals surface area contributed by atoms with E-state index in [0.29, 0.717) is 24.8 Å². The number of nitrogens with zero attached hydrogens (tertiary/aromatic N) is 1. The molecule has 1 aliphatic carbocycles. The summed E-state index contributed by atoms with van der Waals surface area (Å²) in [6, 6.07) is 7.55. The second-order valence-corrected chi connectivity index (χ2v) is 19.0. The van der Waals surface area contributed by atoms with Crippen molar-refractivity contribution in [1.82, 2.24) is 20.9 Å². The van der Waals surface area contributed by atoms with Crippen LogP contribution in [0.5, 0.6) is 0 Å². The lowest BCUT2D eigenvalue weighted by Gasteiger charge is -2.47. The van der Waals surface area contributed by atoms with Gasteiger partial charge in [-0.3, -0.25) is 14.5 Å². The Morgan fingerprint density at radius 3 is 2.13 bits per heavy atom. The second kappa shape index (κ2) is 14.8. The third-order valence-electron chi connectivity index (χ3n) is 9.56. The van der Waals surface area contributed by atoms with Gasteiger partial charge in [0.05, 0.1) is 22.9 Å². The van der Waals surface area contributed by atoms with Gasteiger partial charge in [0, 0.05) is 31.4 Å². The van der Waals surface area contributed by atoms with Gasteiger partial charge in [0.2, 0.25) is 11.8 Å². The van der Waals surface area contributed by atoms with Gasteiger partial charge in [-0.25, -0.2) is 8.42 Å². The number of sulfone groups is 1. The molecular weight excluding hydrogens is 588 g/mol. The number of aliphatic hydroxyl groups excluding tert-OH is 1. The van der Waals surface area contributed by atoms with Crippen molar-refractivity contribution in [1.29, 1.82) is 0 Å². The van der Waals surface area contributed by atoms with E-state index in [0.717, 1.165) is 37.6 Å². The highest BCUT2D eigenvalue weighted by atomic mass is 32.2. The van der Waals surface area contributed by atoms with E-state index in [-0.39, 0.29) is 29.4 Å². The number of piperidine rings is 1. The van der Waals surface area contributed by atoms with Gasteiger partial charge in [-0.2, -0.15) is 0 Å². The highest BCUT2D eigenvalue weighted by Crippen LogP contribution is 2.39. The number of amides is 2. The standard InChI is InChI=1S/C35H60N4O5S/c1-33(2,3)23-36-30(35(7,8)45(9,43)44)32(42)37-27(19-24-15-11-10-12-16-24)29(40)22-39-21-26-18-14-13-17-25(26)20-28(39)31(41)38-34(4,5)6/h10-12,15-16,25-30,36,40H,13-14,17-23H2,1-9H3,(H,37,42)(H,38,41)/t25?,26?,27-,28-,29+,30+/m0/s1. The molecule has 2 amide bonds. The maximum absolute atomic E-state index is 14.0. The van der Waals surface area contributed by atoms with Crippen LogP contribution >= 0.6 is 0 Å². The molecule has 2 fully saturated rings. The van der Waals surface area contributed by atoms with Crippen LogP contribution in [0, 0.1) is 17.3 Å². The number of hydrogen-bond acceptors (Lipinski definition) is 7. The van der Waals surface area contributed by atoms with Crippen LogP contribution in [0.3, 0.4) is 0 Å². The summed E-state index contributed by atoms with van der Waals surface area (Å²) in [4.78, 5) is 29.8. The zero-order valence-corrected chi connectivity index (χ0v) is 30.0. The van der Waals surface area contributed by atoms with Crippen molar-refractivity contribution < 1.29 is 23.1 Å². The monoisotopic (exact) mass is 648 g/mol. The van der Waals surface area contributed by atoms with Crippen LogP contribution in [0.2, 0.25) is 0 Å². The normalized spacial score (nSPS) is 23.8. The number of benzene rings is 1. The molecule has 3 rings (SSSR count). The zero-order chi connectivity index (χ0) is 33.8. The molecule has 256 valence electrons. The lowest BCUT2D eigenvalue weighted by atomic mass is 9.72. The summed E-state index contributed by atoms with van der Waals surface area (Å²) in [5.74, 6) is 0.482. The van der Waals surface area contributed by atoms with Crippen molar-refractivity contribution in [3.63, 3.8) is 0 Å². The van der Waals surface area contributed by atoms with E-state index >= 15 is 0 Å². The number of fused-ring (bicyclic) bond motifs is 1. The number of carbonyl (C=O) groups excluding carboxylic acids is 2. The molecular formula is C35H60N4O5S. The van der Waals surface area contributed by atoms with Crippen LogP contribution < -0.4 is 16.0 Å². The van der Waals surface area contributed by atoms with Crippen molar-refractivity contribution in [3.05, 3.63) is 35.9 Å². The van der Waals surface area contributed by atoms with Crippen LogP contribution in [0.1, 0.15) is 93.1 Å². The summed E-state index contributed by atoms with van der Waals surface area (Å²) in [6.45, 7) is 16.5. The van der Waals surface area contributed by atoms with E-state index in [1.165, 1.54) is 12.8 Å². The summed E-state index contributed by atoms with van der Waals surface area (Å²) in [6.07, 6.45) is 5.90. The zero-order valence-electron chi connectivity index (χ0n) is 29.2. The van der Waals surface area contributed by atoms with Crippen LogP contribution in [0.4, 0.5) is 0 Å². The topological polar surface area (TPSA) is 128 Å². The average molecular weight is 649 g/mol. The van der Waals surface area contributed by atoms with E-state index in [1.54, 1.807) is 13.8 Å². The summed E-state index contributed by atoms with van der Waals surface area (Å²) in [5.41, 5.74) is 0.371. The molecule has 1 aliphatic heterocycles. The van der Waals surface area contributed by atoms with E-state index in [9.17, 15) is 23.1 Å². The lowest BCUT2D eigenvalue weighted by Crippen LogP contribution is -2.64. The Balaban J connectivity index is 1.91. The Bertz CT molecular complexity index is 1240. The maximum atomic E-state index is 14.0. The smallest absolute Gasteiger partial charge is 0.239 e. The molecule has 9 nitrogen and oxygen atoms in total. The molecule has 4 N–H and O–H groups in total. The Hall–Kier alpha value is -2.01. The van der Waals surface area contributed by atoms with Gasteiger partial charge < -0.3 is 21.1 Å². The number of likely N-dealkylation sites (tertiary alicyclic amines) is 1. The van der Waals surface area contributed by atoms with Gasteiger partial charge in [0.15, 0.2) is 9.84 Å². The summed E-state index contributed by atoms with van der Waals surface area (Å²) >= 11 is 0. The van der Waals surface area contributed by atoms with E-state index in [1.807, 2.05) is 71.9 Å². The molecule has 0 radical (unpaired) electrons. The summed E-state index contributed by atoms with van der Waals surface area (Å²) < 4.78 is 24.4. The van der Waals surface area contributed by atoms with Crippen LogP contribution in [-0.2, 0) is 25.8 Å². The van der Waals surface area contributed by atoms with Gasteiger partial charge in [0.1, 0.15) is 6.04 Å². The van der Waals surface area contributed by atoms with Crippen molar-refractivity contribution in [2.24, 2.45) is 17.3 Å². The summed E-state index contributed by atoms with van der Waals surface area (Å²) in [7, 11) is -3.63. The predicted octanol–water partition coefficient (Wildman–Crippen LogP) is 3.70. The predicted molar refractivity (Wildman–Crippen MR) is 182 cm³/mol. The fraction of sp³-hybridized carbons (Fsp3) is 0.771. The minimum absolute atomic E-state index is 0.0243. The lowest BCUT2D eigenvalue weighted by molar-refractivity contribution is -0.133. The van der Waals surface area contributed by atoms with E-state index in [4.69, 9.17) is 0 Å². The molecule has 0 bridgehead atoms. The molecule has 0 aromatic heterocycles. The molecule has 2 aliphatic rings. The average Bonchev–Trinajstić information content (AvgIpc) is 2.90. The van der Waals surface area contributed by atoms with Crippen molar-refractivity contribution >= 4 is 21.7 Å². The first-order valence-corrected chi connectivity index (χ1v) is 18.6. The van der Waals surface area contributed by atoms with Gasteiger partial charge in [-0.1, -0.05) is 70.4 Å². The molecule has 0 spiro atoms. The Labute approximate surface area is 272 Å². The molecule has 1 aromatic carbocycles. The SMILES string of the molecule is CC(C)(C)CN[C@H](C(=O)N[C@@H](Cc1ccccc1)[C@H](O)CN1CC2CCCCC2C[C@H]1C(=O)NC(C)(C)C)C(C)(C)S(C)(=O)=O. The molecule has 1 aromatic rings. The van der Waals surface area contributed by atoms with Gasteiger partial charge in [-0.05, 0) is 76.7 Å². The van der Waals surface area contributed by atoms with Crippen LogP contribution in [0.25, 0.3) is 0 Å². The minimum atomic E-state index is -3.63. The fourth-order valence-corrected chi connectivity index (χ4v) is 7.31. The highest BCUT2D eigenvalue weighted by molar-refractivity contribution is 7.92.